The van der Waals surface area contributed by atoms with E-state index in [1.54, 1.807) is 12.1 Å². The zero-order valence-electron chi connectivity index (χ0n) is 11.0. The van der Waals surface area contributed by atoms with Crippen molar-refractivity contribution in [2.24, 2.45) is 0 Å². The molecule has 100 valence electrons. The van der Waals surface area contributed by atoms with E-state index < -0.39 is 0 Å². The molecule has 2 aromatic heterocycles. The summed E-state index contributed by atoms with van der Waals surface area (Å²) in [6, 6.07) is 11.8. The molecule has 0 radical (unpaired) electrons. The molecule has 2 N–H and O–H groups in total. The highest BCUT2D eigenvalue weighted by molar-refractivity contribution is 6.29. The molecular weight excluding hydrogens is 272 g/mol. The fourth-order valence-electron chi connectivity index (χ4n) is 2.09. The summed E-state index contributed by atoms with van der Waals surface area (Å²) in [5.74, 6) is 0.253. The van der Waals surface area contributed by atoms with Crippen molar-refractivity contribution in [2.75, 3.05) is 5.73 Å². The van der Waals surface area contributed by atoms with E-state index in [1.807, 2.05) is 0 Å². The third-order valence-corrected chi connectivity index (χ3v) is 3.30. The Morgan fingerprint density at radius 3 is 2.50 bits per heavy atom. The van der Waals surface area contributed by atoms with Gasteiger partial charge in [-0.1, -0.05) is 41.4 Å². The van der Waals surface area contributed by atoms with Gasteiger partial charge in [-0.3, -0.25) is 0 Å². The number of nitrogens with two attached hydrogens (primary N) is 1. The summed E-state index contributed by atoms with van der Waals surface area (Å²) in [6.07, 6.45) is 0.650. The molecule has 0 spiro atoms. The van der Waals surface area contributed by atoms with Crippen LogP contribution in [-0.4, -0.2) is 15.0 Å². The Kier molecular flexibility index (Phi) is 3.24. The number of nitrogens with zero attached hydrogens (tertiary/aromatic N) is 3. The molecule has 0 aliphatic rings. The number of halogens is 1. The smallest absolute Gasteiger partial charge is 0.220 e. The second-order valence-corrected chi connectivity index (χ2v) is 5.08. The minimum atomic E-state index is 0.253. The van der Waals surface area contributed by atoms with Crippen molar-refractivity contribution in [3.8, 4) is 0 Å². The molecule has 20 heavy (non-hydrogen) atoms. The fraction of sp³-hybridized carbons (Fsp3) is 0.133. The predicted molar refractivity (Wildman–Crippen MR) is 80.7 cm³/mol. The van der Waals surface area contributed by atoms with Gasteiger partial charge in [0.2, 0.25) is 5.95 Å². The van der Waals surface area contributed by atoms with Crippen LogP contribution in [0.3, 0.4) is 0 Å². The molecule has 0 fully saturated rings. The molecule has 0 atom stereocenters. The number of benzene rings is 1. The van der Waals surface area contributed by atoms with Gasteiger partial charge in [-0.15, -0.1) is 0 Å². The lowest BCUT2D eigenvalue weighted by Crippen LogP contribution is -2.03. The van der Waals surface area contributed by atoms with Gasteiger partial charge in [0.1, 0.15) is 10.7 Å². The standard InChI is InChI=1S/C15H13ClN4/c1-9-2-4-10(5-3-9)8-12-14-11(18-15(17)19-12)6-7-13(16)20-14/h2-7H,8H2,1H3,(H2,17,18,19). The molecular formula is C15H13ClN4. The van der Waals surface area contributed by atoms with Crippen LogP contribution >= 0.6 is 11.6 Å². The van der Waals surface area contributed by atoms with Gasteiger partial charge >= 0.3 is 0 Å². The second kappa shape index (κ2) is 5.06. The normalized spacial score (nSPS) is 10.9. The van der Waals surface area contributed by atoms with Crippen LogP contribution in [0, 0.1) is 6.92 Å². The average Bonchev–Trinajstić information content (AvgIpc) is 2.42. The lowest BCUT2D eigenvalue weighted by Gasteiger charge is -2.07. The first-order chi connectivity index (χ1) is 9.61. The number of fused-ring (bicyclic) bond motifs is 1. The summed E-state index contributed by atoms with van der Waals surface area (Å²) in [4.78, 5) is 12.8. The Morgan fingerprint density at radius 1 is 1.00 bits per heavy atom. The van der Waals surface area contributed by atoms with Crippen molar-refractivity contribution < 1.29 is 0 Å². The lowest BCUT2D eigenvalue weighted by molar-refractivity contribution is 1.06. The summed E-state index contributed by atoms with van der Waals surface area (Å²) in [5.41, 5.74) is 10.3. The first-order valence-electron chi connectivity index (χ1n) is 6.26. The van der Waals surface area contributed by atoms with Crippen molar-refractivity contribution in [3.63, 3.8) is 0 Å². The molecule has 0 saturated heterocycles. The predicted octanol–water partition coefficient (Wildman–Crippen LogP) is 3.16. The van der Waals surface area contributed by atoms with E-state index in [2.05, 4.69) is 46.1 Å². The molecule has 2 heterocycles. The minimum absolute atomic E-state index is 0.253. The van der Waals surface area contributed by atoms with Crippen LogP contribution in [0.1, 0.15) is 16.8 Å². The van der Waals surface area contributed by atoms with Gasteiger partial charge in [0.15, 0.2) is 0 Å². The van der Waals surface area contributed by atoms with E-state index in [4.69, 9.17) is 17.3 Å². The van der Waals surface area contributed by atoms with E-state index in [0.717, 1.165) is 11.3 Å². The number of aryl methyl sites for hydroxylation is 1. The molecule has 3 aromatic rings. The molecule has 1 aromatic carbocycles. The highest BCUT2D eigenvalue weighted by Gasteiger charge is 2.09. The zero-order chi connectivity index (χ0) is 14.1. The Balaban J connectivity index is 2.10. The van der Waals surface area contributed by atoms with Gasteiger partial charge in [0, 0.05) is 6.42 Å². The summed E-state index contributed by atoms with van der Waals surface area (Å²) in [7, 11) is 0. The SMILES string of the molecule is Cc1ccc(Cc2nc(N)nc3ccc(Cl)nc23)cc1. The maximum atomic E-state index is 5.96. The number of pyridine rings is 1. The van der Waals surface area contributed by atoms with E-state index in [-0.39, 0.29) is 5.95 Å². The van der Waals surface area contributed by atoms with Crippen LogP contribution in [0.4, 0.5) is 5.95 Å². The monoisotopic (exact) mass is 284 g/mol. The lowest BCUT2D eigenvalue weighted by atomic mass is 10.1. The summed E-state index contributed by atoms with van der Waals surface area (Å²) in [6.45, 7) is 2.06. The number of hydrogen-bond donors (Lipinski definition) is 1. The fourth-order valence-corrected chi connectivity index (χ4v) is 2.24. The quantitative estimate of drug-likeness (QED) is 0.734. The van der Waals surface area contributed by atoms with E-state index in [1.165, 1.54) is 5.56 Å². The molecule has 0 aliphatic heterocycles. The van der Waals surface area contributed by atoms with Gasteiger partial charge in [-0.2, -0.15) is 0 Å². The maximum absolute atomic E-state index is 5.96. The third kappa shape index (κ3) is 2.56. The number of anilines is 1. The van der Waals surface area contributed by atoms with Crippen molar-refractivity contribution in [2.45, 2.75) is 13.3 Å². The van der Waals surface area contributed by atoms with Gasteiger partial charge < -0.3 is 5.73 Å². The van der Waals surface area contributed by atoms with Gasteiger partial charge in [0.05, 0.1) is 11.2 Å². The molecule has 0 amide bonds. The molecule has 5 heteroatoms. The van der Waals surface area contributed by atoms with Crippen LogP contribution in [0.25, 0.3) is 11.0 Å². The van der Waals surface area contributed by atoms with Gasteiger partial charge in [-0.25, -0.2) is 15.0 Å². The molecule has 4 nitrogen and oxygen atoms in total. The summed E-state index contributed by atoms with van der Waals surface area (Å²) < 4.78 is 0. The Bertz CT molecular complexity index is 769. The first kappa shape index (κ1) is 12.8. The third-order valence-electron chi connectivity index (χ3n) is 3.09. The Labute approximate surface area is 121 Å². The van der Waals surface area contributed by atoms with Gasteiger partial charge in [-0.05, 0) is 24.6 Å². The zero-order valence-corrected chi connectivity index (χ0v) is 11.7. The van der Waals surface area contributed by atoms with Crippen LogP contribution < -0.4 is 5.73 Å². The summed E-state index contributed by atoms with van der Waals surface area (Å²) in [5, 5.41) is 0.427. The van der Waals surface area contributed by atoms with Crippen LogP contribution in [0.2, 0.25) is 5.15 Å². The van der Waals surface area contributed by atoms with Crippen LogP contribution in [0.5, 0.6) is 0 Å². The molecule has 0 saturated carbocycles. The largest absolute Gasteiger partial charge is 0.368 e. The average molecular weight is 285 g/mol. The number of hydrogen-bond acceptors (Lipinski definition) is 4. The maximum Gasteiger partial charge on any atom is 0.220 e. The van der Waals surface area contributed by atoms with Crippen molar-refractivity contribution in [1.82, 2.24) is 15.0 Å². The molecule has 0 aliphatic carbocycles. The van der Waals surface area contributed by atoms with Gasteiger partial charge in [0.25, 0.3) is 0 Å². The summed E-state index contributed by atoms with van der Waals surface area (Å²) >= 11 is 5.96. The highest BCUT2D eigenvalue weighted by atomic mass is 35.5. The van der Waals surface area contributed by atoms with E-state index in [9.17, 15) is 0 Å². The van der Waals surface area contributed by atoms with Crippen molar-refractivity contribution >= 4 is 28.6 Å². The van der Waals surface area contributed by atoms with E-state index >= 15 is 0 Å². The number of rotatable bonds is 2. The van der Waals surface area contributed by atoms with Crippen molar-refractivity contribution in [1.29, 1.82) is 0 Å². The van der Waals surface area contributed by atoms with E-state index in [0.29, 0.717) is 22.6 Å². The number of nitrogen functional groups attached to an aromatic ring is 1. The highest BCUT2D eigenvalue weighted by Crippen LogP contribution is 2.20. The number of aromatic nitrogens is 3. The van der Waals surface area contributed by atoms with Crippen molar-refractivity contribution in [3.05, 3.63) is 58.4 Å². The molecule has 3 rings (SSSR count). The minimum Gasteiger partial charge on any atom is -0.368 e. The Morgan fingerprint density at radius 2 is 1.75 bits per heavy atom. The topological polar surface area (TPSA) is 64.7 Å². The first-order valence-corrected chi connectivity index (χ1v) is 6.64. The van der Waals surface area contributed by atoms with Crippen LogP contribution in [0.15, 0.2) is 36.4 Å². The molecule has 0 bridgehead atoms. The molecule has 0 unspecified atom stereocenters. The second-order valence-electron chi connectivity index (χ2n) is 4.69. The Hall–Kier alpha value is -2.20. The van der Waals surface area contributed by atoms with Crippen LogP contribution in [-0.2, 0) is 6.42 Å².